The van der Waals surface area contributed by atoms with Gasteiger partial charge in [-0.2, -0.15) is 5.26 Å². The number of carbonyl (C=O) groups excluding carboxylic acids is 1. The third kappa shape index (κ3) is 4.55. The second-order valence-electron chi connectivity index (χ2n) is 5.59. The molecule has 0 aromatic heterocycles. The molecule has 1 N–H and O–H groups in total. The highest BCUT2D eigenvalue weighted by Crippen LogP contribution is 2.11. The normalized spacial score (nSPS) is 16.0. The second-order valence-corrected chi connectivity index (χ2v) is 5.59. The largest absolute Gasteiger partial charge is 0.393 e. The maximum Gasteiger partial charge on any atom is 0.236 e. The fourth-order valence-corrected chi connectivity index (χ4v) is 2.50. The molecule has 0 unspecified atom stereocenters. The zero-order valence-electron chi connectivity index (χ0n) is 12.3. The molecule has 1 fully saturated rings. The van der Waals surface area contributed by atoms with Gasteiger partial charge < -0.3 is 10.0 Å². The van der Waals surface area contributed by atoms with Crippen molar-refractivity contribution in [3.05, 3.63) is 35.4 Å². The topological polar surface area (TPSA) is 67.6 Å². The molecule has 21 heavy (non-hydrogen) atoms. The fraction of sp³-hybridized carbons (Fsp3) is 0.500. The van der Waals surface area contributed by atoms with Crippen LogP contribution in [-0.4, -0.2) is 53.6 Å². The van der Waals surface area contributed by atoms with Crippen molar-refractivity contribution in [1.29, 1.82) is 5.26 Å². The summed E-state index contributed by atoms with van der Waals surface area (Å²) in [6.07, 6.45) is 1.08. The monoisotopic (exact) mass is 287 g/mol. The van der Waals surface area contributed by atoms with Crippen molar-refractivity contribution in [2.45, 2.75) is 25.5 Å². The van der Waals surface area contributed by atoms with E-state index in [4.69, 9.17) is 5.26 Å². The molecule has 0 saturated carbocycles. The molecule has 5 nitrogen and oxygen atoms in total. The first-order valence-electron chi connectivity index (χ1n) is 7.22. The molecular formula is C16H21N3O2. The lowest BCUT2D eigenvalue weighted by Gasteiger charge is -2.31. The first-order valence-corrected chi connectivity index (χ1v) is 7.22. The summed E-state index contributed by atoms with van der Waals surface area (Å²) in [5.74, 6) is 0.109. The van der Waals surface area contributed by atoms with Crippen LogP contribution in [0.1, 0.15) is 24.0 Å². The van der Waals surface area contributed by atoms with Gasteiger partial charge in [0.25, 0.3) is 0 Å². The smallest absolute Gasteiger partial charge is 0.236 e. The summed E-state index contributed by atoms with van der Waals surface area (Å²) < 4.78 is 0. The Hall–Kier alpha value is -1.90. The number of nitrogens with zero attached hydrogens (tertiary/aromatic N) is 3. The highest BCUT2D eigenvalue weighted by Gasteiger charge is 2.21. The van der Waals surface area contributed by atoms with E-state index in [0.29, 0.717) is 44.6 Å². The summed E-state index contributed by atoms with van der Waals surface area (Å²) in [5, 5.41) is 18.2. The Morgan fingerprint density at radius 2 is 2.00 bits per heavy atom. The lowest BCUT2D eigenvalue weighted by molar-refractivity contribution is -0.134. The fourth-order valence-electron chi connectivity index (χ4n) is 2.50. The number of hydrogen-bond acceptors (Lipinski definition) is 4. The number of benzene rings is 1. The molecule has 0 radical (unpaired) electrons. The van der Waals surface area contributed by atoms with Crippen molar-refractivity contribution < 1.29 is 9.90 Å². The number of nitriles is 1. The Bertz CT molecular complexity index is 513. The van der Waals surface area contributed by atoms with Gasteiger partial charge in [-0.25, -0.2) is 0 Å². The lowest BCUT2D eigenvalue weighted by atomic mass is 10.1. The minimum Gasteiger partial charge on any atom is -0.393 e. The van der Waals surface area contributed by atoms with E-state index in [9.17, 15) is 9.90 Å². The maximum atomic E-state index is 12.2. The Kier molecular flexibility index (Phi) is 5.32. The van der Waals surface area contributed by atoms with Gasteiger partial charge in [0.1, 0.15) is 0 Å². The van der Waals surface area contributed by atoms with E-state index in [2.05, 4.69) is 6.07 Å². The van der Waals surface area contributed by atoms with Crippen LogP contribution in [0.4, 0.5) is 0 Å². The van der Waals surface area contributed by atoms with Gasteiger partial charge in [-0.05, 0) is 37.6 Å². The van der Waals surface area contributed by atoms with Crippen LogP contribution in [0.15, 0.2) is 24.3 Å². The Balaban J connectivity index is 1.82. The molecule has 1 aliphatic heterocycles. The zero-order valence-corrected chi connectivity index (χ0v) is 12.3. The molecule has 1 aliphatic rings. The molecule has 112 valence electrons. The number of carbonyl (C=O) groups is 1. The summed E-state index contributed by atoms with van der Waals surface area (Å²) in [6, 6.07) is 9.50. The van der Waals surface area contributed by atoms with Gasteiger partial charge in [-0.3, -0.25) is 9.69 Å². The predicted molar refractivity (Wildman–Crippen MR) is 79.3 cm³/mol. The Morgan fingerprint density at radius 1 is 1.38 bits per heavy atom. The molecule has 1 aromatic rings. The molecule has 1 heterocycles. The van der Waals surface area contributed by atoms with Gasteiger partial charge in [-0.15, -0.1) is 0 Å². The summed E-state index contributed by atoms with van der Waals surface area (Å²) in [7, 11) is 1.91. The molecule has 1 aromatic carbocycles. The lowest BCUT2D eigenvalue weighted by Crippen LogP contribution is -2.44. The van der Waals surface area contributed by atoms with Gasteiger partial charge >= 0.3 is 0 Å². The minimum atomic E-state index is -0.259. The number of aliphatic hydroxyl groups is 1. The SMILES string of the molecule is CN(CC(=O)N1CCC(O)CC1)Cc1ccc(C#N)cc1. The number of piperidine rings is 1. The molecule has 0 bridgehead atoms. The Morgan fingerprint density at radius 3 is 2.57 bits per heavy atom. The second kappa shape index (κ2) is 7.21. The van der Waals surface area contributed by atoms with E-state index >= 15 is 0 Å². The third-order valence-corrected chi connectivity index (χ3v) is 3.76. The molecule has 5 heteroatoms. The number of likely N-dealkylation sites (N-methyl/N-ethyl adjacent to an activating group) is 1. The van der Waals surface area contributed by atoms with E-state index in [0.717, 1.165) is 5.56 Å². The highest BCUT2D eigenvalue weighted by atomic mass is 16.3. The number of rotatable bonds is 4. The van der Waals surface area contributed by atoms with E-state index in [1.54, 1.807) is 12.1 Å². The van der Waals surface area contributed by atoms with Crippen molar-refractivity contribution in [1.82, 2.24) is 9.80 Å². The van der Waals surface area contributed by atoms with Crippen LogP contribution in [0.3, 0.4) is 0 Å². The van der Waals surface area contributed by atoms with E-state index in [1.165, 1.54) is 0 Å². The average Bonchev–Trinajstić information content (AvgIpc) is 2.48. The molecular weight excluding hydrogens is 266 g/mol. The van der Waals surface area contributed by atoms with Crippen molar-refractivity contribution in [2.24, 2.45) is 0 Å². The maximum absolute atomic E-state index is 12.2. The summed E-state index contributed by atoms with van der Waals surface area (Å²) in [5.41, 5.74) is 1.72. The number of likely N-dealkylation sites (tertiary alicyclic amines) is 1. The van der Waals surface area contributed by atoms with Gasteiger partial charge in [0.05, 0.1) is 24.3 Å². The molecule has 0 aliphatic carbocycles. The van der Waals surface area contributed by atoms with Crippen molar-refractivity contribution in [3.63, 3.8) is 0 Å². The first kappa shape index (κ1) is 15.5. The van der Waals surface area contributed by atoms with Crippen LogP contribution >= 0.6 is 0 Å². The molecule has 0 atom stereocenters. The van der Waals surface area contributed by atoms with Crippen LogP contribution in [0.5, 0.6) is 0 Å². The first-order chi connectivity index (χ1) is 10.1. The standard InChI is InChI=1S/C16H21N3O2/c1-18(11-14-4-2-13(10-17)3-5-14)12-16(21)19-8-6-15(20)7-9-19/h2-5,15,20H,6-9,11-12H2,1H3. The van der Waals surface area contributed by atoms with Gasteiger partial charge in [0.2, 0.25) is 5.91 Å². The highest BCUT2D eigenvalue weighted by molar-refractivity contribution is 5.78. The van der Waals surface area contributed by atoms with Gasteiger partial charge in [0.15, 0.2) is 0 Å². The third-order valence-electron chi connectivity index (χ3n) is 3.76. The molecule has 0 spiro atoms. The number of hydrogen-bond donors (Lipinski definition) is 1. The zero-order chi connectivity index (χ0) is 15.2. The van der Waals surface area contributed by atoms with Crippen molar-refractivity contribution >= 4 is 5.91 Å². The average molecular weight is 287 g/mol. The van der Waals surface area contributed by atoms with Crippen LogP contribution in [0, 0.1) is 11.3 Å². The molecule has 1 amide bonds. The minimum absolute atomic E-state index is 0.109. The number of aliphatic hydroxyl groups excluding tert-OH is 1. The summed E-state index contributed by atoms with van der Waals surface area (Å²) in [4.78, 5) is 16.0. The van der Waals surface area contributed by atoms with E-state index < -0.39 is 0 Å². The van der Waals surface area contributed by atoms with Crippen LogP contribution in [0.2, 0.25) is 0 Å². The van der Waals surface area contributed by atoms with Crippen LogP contribution < -0.4 is 0 Å². The van der Waals surface area contributed by atoms with Crippen molar-refractivity contribution in [2.75, 3.05) is 26.7 Å². The Labute approximate surface area is 125 Å². The van der Waals surface area contributed by atoms with Crippen molar-refractivity contribution in [3.8, 4) is 6.07 Å². The summed E-state index contributed by atoms with van der Waals surface area (Å²) >= 11 is 0. The number of amides is 1. The molecule has 2 rings (SSSR count). The van der Waals surface area contributed by atoms with Gasteiger partial charge in [0, 0.05) is 19.6 Å². The quantitative estimate of drug-likeness (QED) is 0.896. The van der Waals surface area contributed by atoms with E-state index in [-0.39, 0.29) is 12.0 Å². The van der Waals surface area contributed by atoms with Crippen LogP contribution in [0.25, 0.3) is 0 Å². The van der Waals surface area contributed by atoms with Gasteiger partial charge in [-0.1, -0.05) is 12.1 Å². The summed E-state index contributed by atoms with van der Waals surface area (Å²) in [6.45, 7) is 2.33. The molecule has 1 saturated heterocycles. The predicted octanol–water partition coefficient (Wildman–Crippen LogP) is 0.973. The van der Waals surface area contributed by atoms with E-state index in [1.807, 2.05) is 29.0 Å². The van der Waals surface area contributed by atoms with Crippen LogP contribution in [-0.2, 0) is 11.3 Å².